The van der Waals surface area contributed by atoms with Crippen LogP contribution in [0.4, 0.5) is 5.69 Å². The van der Waals surface area contributed by atoms with Crippen LogP contribution in [-0.4, -0.2) is 106 Å². The zero-order valence-electron chi connectivity index (χ0n) is 19.5. The summed E-state index contributed by atoms with van der Waals surface area (Å²) in [6, 6.07) is 8.77. The molecule has 12 heteroatoms. The van der Waals surface area contributed by atoms with Crippen LogP contribution >= 0.6 is 0 Å². The summed E-state index contributed by atoms with van der Waals surface area (Å²) in [6.07, 6.45) is -2.22. The number of nitrogens with one attached hydrogen (secondary N) is 2. The van der Waals surface area contributed by atoms with E-state index in [1.165, 1.54) is 6.08 Å². The van der Waals surface area contributed by atoms with Gasteiger partial charge in [0.25, 0.3) is 10.0 Å². The predicted octanol–water partition coefficient (Wildman–Crippen LogP) is -0.524. The van der Waals surface area contributed by atoms with E-state index < -0.39 is 39.3 Å². The Morgan fingerprint density at radius 2 is 1.94 bits per heavy atom. The Bertz CT molecular complexity index is 975. The van der Waals surface area contributed by atoms with E-state index in [0.717, 1.165) is 45.1 Å². The third kappa shape index (κ3) is 8.23. The number of rotatable bonds is 11. The van der Waals surface area contributed by atoms with Gasteiger partial charge in [0.2, 0.25) is 0 Å². The maximum atomic E-state index is 12.7. The Hall–Kier alpha value is -2.08. The smallest absolute Gasteiger partial charge is 0.250 e. The molecule has 5 N–H and O–H groups in total. The second kappa shape index (κ2) is 13.3. The highest BCUT2D eigenvalue weighted by atomic mass is 32.2. The van der Waals surface area contributed by atoms with Gasteiger partial charge in [-0.3, -0.25) is 4.90 Å². The van der Waals surface area contributed by atoms with E-state index in [1.807, 2.05) is 12.1 Å². The van der Waals surface area contributed by atoms with E-state index in [2.05, 4.69) is 14.9 Å². The highest BCUT2D eigenvalue weighted by Crippen LogP contribution is 2.23. The molecule has 0 aromatic heterocycles. The summed E-state index contributed by atoms with van der Waals surface area (Å²) in [5, 5.41) is 42.0. The number of benzene rings is 1. The van der Waals surface area contributed by atoms with Crippen LogP contribution in [0.3, 0.4) is 0 Å². The maximum absolute atomic E-state index is 12.7. The largest absolute Gasteiger partial charge is 0.396 e. The van der Waals surface area contributed by atoms with E-state index in [9.17, 15) is 23.9 Å². The van der Waals surface area contributed by atoms with Crippen LogP contribution in [0.1, 0.15) is 18.4 Å². The fraction of sp³-hybridized carbons (Fsp3) is 0.609. The zero-order chi connectivity index (χ0) is 25.3. The van der Waals surface area contributed by atoms with E-state index in [-0.39, 0.29) is 26.0 Å². The number of aliphatic hydroxyl groups excluding tert-OH is 3. The third-order valence-corrected chi connectivity index (χ3v) is 7.38. The Morgan fingerprint density at radius 3 is 2.60 bits per heavy atom. The SMILES string of the molecule is N#C/C(=C\c1ccc(NCCN2CCOCC2)cc1)S(=O)(=O)NC[C@H]1OC(CCO)C[C@@H](O)[C@@H]1O. The van der Waals surface area contributed by atoms with Crippen molar-refractivity contribution in [3.8, 4) is 6.07 Å². The average Bonchev–Trinajstić information content (AvgIpc) is 2.85. The van der Waals surface area contributed by atoms with Crippen LogP contribution in [0.2, 0.25) is 0 Å². The summed E-state index contributed by atoms with van der Waals surface area (Å²) in [6.45, 7) is 4.51. The van der Waals surface area contributed by atoms with Crippen molar-refractivity contribution in [2.75, 3.05) is 57.9 Å². The minimum atomic E-state index is -4.18. The standard InChI is InChI=1S/C23H34N4O7S/c24-15-20(35(31,32)26-16-22-23(30)21(29)14-19(34-22)5-10-28)13-17-1-3-18(4-2-17)25-6-7-27-8-11-33-12-9-27/h1-4,13,19,21-23,25-26,28-30H,5-12,14,16H2/b20-13+/t19?,21-,22-,23+/m1/s1. The lowest BCUT2D eigenvalue weighted by atomic mass is 9.96. The Balaban J connectivity index is 1.55. The molecule has 2 fully saturated rings. The molecule has 2 heterocycles. The molecule has 0 amide bonds. The van der Waals surface area contributed by atoms with Crippen molar-refractivity contribution in [2.24, 2.45) is 0 Å². The van der Waals surface area contributed by atoms with Gasteiger partial charge in [0.1, 0.15) is 12.2 Å². The molecule has 1 aromatic carbocycles. The summed E-state index contributed by atoms with van der Waals surface area (Å²) in [5.41, 5.74) is 1.42. The Morgan fingerprint density at radius 1 is 1.23 bits per heavy atom. The predicted molar refractivity (Wildman–Crippen MR) is 130 cm³/mol. The fourth-order valence-corrected chi connectivity index (χ4v) is 4.96. The summed E-state index contributed by atoms with van der Waals surface area (Å²) < 4.78 is 38.6. The second-order valence-corrected chi connectivity index (χ2v) is 10.3. The molecule has 194 valence electrons. The van der Waals surface area contributed by atoms with Crippen LogP contribution in [0.25, 0.3) is 6.08 Å². The van der Waals surface area contributed by atoms with Crippen LogP contribution in [-0.2, 0) is 19.5 Å². The first-order chi connectivity index (χ1) is 16.8. The van der Waals surface area contributed by atoms with Gasteiger partial charge in [0, 0.05) is 51.4 Å². The second-order valence-electron chi connectivity index (χ2n) is 8.58. The normalized spacial score (nSPS) is 26.3. The lowest BCUT2D eigenvalue weighted by Crippen LogP contribution is -2.52. The molecular weight excluding hydrogens is 476 g/mol. The first-order valence-electron chi connectivity index (χ1n) is 11.7. The van der Waals surface area contributed by atoms with Crippen molar-refractivity contribution in [3.05, 3.63) is 34.7 Å². The molecular formula is C23H34N4O7S. The van der Waals surface area contributed by atoms with Crippen molar-refractivity contribution in [1.82, 2.24) is 9.62 Å². The summed E-state index contributed by atoms with van der Waals surface area (Å²) in [4.78, 5) is 1.83. The van der Waals surface area contributed by atoms with Gasteiger partial charge in [-0.05, 0) is 30.2 Å². The molecule has 2 saturated heterocycles. The number of hydrogen-bond donors (Lipinski definition) is 5. The molecule has 11 nitrogen and oxygen atoms in total. The molecule has 2 aliphatic rings. The van der Waals surface area contributed by atoms with Crippen LogP contribution in [0.5, 0.6) is 0 Å². The monoisotopic (exact) mass is 510 g/mol. The molecule has 4 atom stereocenters. The number of nitriles is 1. The van der Waals surface area contributed by atoms with Gasteiger partial charge in [-0.1, -0.05) is 12.1 Å². The van der Waals surface area contributed by atoms with Crippen molar-refractivity contribution >= 4 is 21.8 Å². The molecule has 35 heavy (non-hydrogen) atoms. The number of aliphatic hydroxyl groups is 3. The van der Waals surface area contributed by atoms with Gasteiger partial charge in [0.05, 0.1) is 31.5 Å². The lowest BCUT2D eigenvalue weighted by molar-refractivity contribution is -0.168. The molecule has 0 spiro atoms. The van der Waals surface area contributed by atoms with Crippen molar-refractivity contribution in [2.45, 2.75) is 37.3 Å². The Labute approximate surface area is 206 Å². The average molecular weight is 511 g/mol. The van der Waals surface area contributed by atoms with Crippen LogP contribution < -0.4 is 10.0 Å². The number of anilines is 1. The summed E-state index contributed by atoms with van der Waals surface area (Å²) in [5.74, 6) is 0. The van der Waals surface area contributed by atoms with Gasteiger partial charge in [-0.15, -0.1) is 0 Å². The molecule has 3 rings (SSSR count). The van der Waals surface area contributed by atoms with E-state index in [0.29, 0.717) is 5.56 Å². The molecule has 0 radical (unpaired) electrons. The highest BCUT2D eigenvalue weighted by molar-refractivity contribution is 7.93. The number of hydrogen-bond acceptors (Lipinski definition) is 10. The number of sulfonamides is 1. The minimum absolute atomic E-state index is 0.145. The van der Waals surface area contributed by atoms with Crippen molar-refractivity contribution in [3.63, 3.8) is 0 Å². The van der Waals surface area contributed by atoms with Crippen LogP contribution in [0, 0.1) is 11.3 Å². The van der Waals surface area contributed by atoms with E-state index >= 15 is 0 Å². The molecule has 1 unspecified atom stereocenters. The summed E-state index contributed by atoms with van der Waals surface area (Å²) >= 11 is 0. The van der Waals surface area contributed by atoms with Crippen LogP contribution in [0.15, 0.2) is 29.2 Å². The molecule has 1 aromatic rings. The quantitative estimate of drug-likeness (QED) is 0.245. The molecule has 2 aliphatic heterocycles. The van der Waals surface area contributed by atoms with Gasteiger partial charge in [-0.25, -0.2) is 13.1 Å². The first kappa shape index (κ1) is 27.5. The third-order valence-electron chi connectivity index (χ3n) is 6.04. The number of ether oxygens (including phenoxy) is 2. The number of nitrogens with zero attached hydrogens (tertiary/aromatic N) is 2. The van der Waals surface area contributed by atoms with Crippen molar-refractivity contribution in [1.29, 1.82) is 5.26 Å². The van der Waals surface area contributed by atoms with Gasteiger partial charge < -0.3 is 30.1 Å². The topological polar surface area (TPSA) is 164 Å². The lowest BCUT2D eigenvalue weighted by Gasteiger charge is -2.37. The molecule has 0 bridgehead atoms. The van der Waals surface area contributed by atoms with Gasteiger partial charge in [0.15, 0.2) is 4.91 Å². The highest BCUT2D eigenvalue weighted by Gasteiger charge is 2.37. The Kier molecular flexibility index (Phi) is 10.4. The van der Waals surface area contributed by atoms with Gasteiger partial charge >= 0.3 is 0 Å². The number of allylic oxidation sites excluding steroid dienone is 1. The maximum Gasteiger partial charge on any atom is 0.250 e. The molecule has 0 saturated carbocycles. The minimum Gasteiger partial charge on any atom is -0.396 e. The first-order valence-corrected chi connectivity index (χ1v) is 13.2. The van der Waals surface area contributed by atoms with E-state index in [1.54, 1.807) is 18.2 Å². The number of morpholine rings is 1. The van der Waals surface area contributed by atoms with Crippen molar-refractivity contribution < 1.29 is 33.2 Å². The molecule has 0 aliphatic carbocycles. The zero-order valence-corrected chi connectivity index (χ0v) is 20.4. The van der Waals surface area contributed by atoms with E-state index in [4.69, 9.17) is 14.6 Å². The fourth-order valence-electron chi connectivity index (χ4n) is 4.01. The van der Waals surface area contributed by atoms with Gasteiger partial charge in [-0.2, -0.15) is 5.26 Å². The summed E-state index contributed by atoms with van der Waals surface area (Å²) in [7, 11) is -4.18.